The Balaban J connectivity index is 3.00. The maximum atomic E-state index is 11.0. The van der Waals surface area contributed by atoms with Gasteiger partial charge in [0.1, 0.15) is 0 Å². The van der Waals surface area contributed by atoms with Crippen LogP contribution in [0.2, 0.25) is 0 Å². The van der Waals surface area contributed by atoms with Crippen LogP contribution in [0.15, 0.2) is 6.07 Å². The quantitative estimate of drug-likeness (QED) is 0.761. The van der Waals surface area contributed by atoms with Gasteiger partial charge in [0.25, 0.3) is 0 Å². The van der Waals surface area contributed by atoms with Crippen LogP contribution in [0.3, 0.4) is 0 Å². The average molecular weight is 295 g/mol. The molecule has 4 nitrogen and oxygen atoms in total. The molecule has 1 rings (SSSR count). The van der Waals surface area contributed by atoms with E-state index in [9.17, 15) is 5.11 Å². The summed E-state index contributed by atoms with van der Waals surface area (Å²) in [7, 11) is 1.97. The lowest BCUT2D eigenvalue weighted by Crippen LogP contribution is -2.56. The smallest absolute Gasteiger partial charge is 0.0778 e. The molecule has 1 heterocycles. The number of aryl methyl sites for hydroxylation is 2. The van der Waals surface area contributed by atoms with Crippen molar-refractivity contribution in [3.8, 4) is 0 Å². The molecule has 1 N–H and O–H groups in total. The van der Waals surface area contributed by atoms with Crippen molar-refractivity contribution in [1.82, 2.24) is 14.7 Å². The number of nitrogens with zero attached hydrogens (tertiary/aromatic N) is 3. The molecule has 21 heavy (non-hydrogen) atoms. The molecular formula is C17H33N3O. The third-order valence-corrected chi connectivity index (χ3v) is 5.03. The number of aliphatic hydroxyl groups excluding tert-OH is 1. The molecule has 0 aliphatic heterocycles. The lowest BCUT2D eigenvalue weighted by Gasteiger charge is -2.45. The van der Waals surface area contributed by atoms with Gasteiger partial charge in [0.05, 0.1) is 11.8 Å². The van der Waals surface area contributed by atoms with Gasteiger partial charge in [-0.1, -0.05) is 34.6 Å². The summed E-state index contributed by atoms with van der Waals surface area (Å²) in [5.41, 5.74) is 2.08. The molecule has 0 spiro atoms. The molecule has 1 atom stereocenters. The third-order valence-electron chi connectivity index (χ3n) is 5.03. The number of likely N-dealkylation sites (N-methyl/N-ethyl adjacent to an activating group) is 1. The zero-order chi connectivity index (χ0) is 16.0. The van der Waals surface area contributed by atoms with E-state index in [2.05, 4.69) is 50.7 Å². The SMILES string of the molecule is CCc1cc(CC(O)C(CC)(CC)N(CC)CC)n(C)n1. The van der Waals surface area contributed by atoms with E-state index in [1.807, 2.05) is 11.7 Å². The summed E-state index contributed by atoms with van der Waals surface area (Å²) in [4.78, 5) is 2.41. The summed E-state index contributed by atoms with van der Waals surface area (Å²) >= 11 is 0. The molecule has 4 heteroatoms. The standard InChI is InChI=1S/C17H33N3O/c1-7-14-12-15(19(6)18-14)13-16(21)17(8-2,9-3)20(10-4)11-5/h12,16,21H,7-11,13H2,1-6H3. The van der Waals surface area contributed by atoms with Gasteiger partial charge < -0.3 is 5.11 Å². The van der Waals surface area contributed by atoms with Gasteiger partial charge in [-0.3, -0.25) is 9.58 Å². The number of hydrogen-bond acceptors (Lipinski definition) is 3. The van der Waals surface area contributed by atoms with Gasteiger partial charge in [-0.15, -0.1) is 0 Å². The highest BCUT2D eigenvalue weighted by Crippen LogP contribution is 2.30. The summed E-state index contributed by atoms with van der Waals surface area (Å²) < 4.78 is 1.92. The molecule has 0 aliphatic rings. The summed E-state index contributed by atoms with van der Waals surface area (Å²) in [5.74, 6) is 0. The topological polar surface area (TPSA) is 41.3 Å². The molecular weight excluding hydrogens is 262 g/mol. The van der Waals surface area contributed by atoms with E-state index in [4.69, 9.17) is 0 Å². The Hall–Kier alpha value is -0.870. The molecule has 0 amide bonds. The average Bonchev–Trinajstić information content (AvgIpc) is 2.85. The fraction of sp³-hybridized carbons (Fsp3) is 0.824. The minimum Gasteiger partial charge on any atom is -0.391 e. The first kappa shape index (κ1) is 18.2. The van der Waals surface area contributed by atoms with Crippen LogP contribution in [0.4, 0.5) is 0 Å². The molecule has 1 unspecified atom stereocenters. The summed E-state index contributed by atoms with van der Waals surface area (Å²) in [5, 5.41) is 15.5. The largest absolute Gasteiger partial charge is 0.391 e. The van der Waals surface area contributed by atoms with Crippen molar-refractivity contribution in [3.05, 3.63) is 17.5 Å². The van der Waals surface area contributed by atoms with E-state index >= 15 is 0 Å². The van der Waals surface area contributed by atoms with E-state index in [0.29, 0.717) is 6.42 Å². The predicted molar refractivity (Wildman–Crippen MR) is 88.5 cm³/mol. The highest BCUT2D eigenvalue weighted by Gasteiger charge is 2.39. The van der Waals surface area contributed by atoms with Crippen LogP contribution in [-0.2, 0) is 19.9 Å². The van der Waals surface area contributed by atoms with Crippen molar-refractivity contribution in [1.29, 1.82) is 0 Å². The number of aliphatic hydroxyl groups is 1. The number of aromatic nitrogens is 2. The second kappa shape index (κ2) is 7.95. The van der Waals surface area contributed by atoms with Gasteiger partial charge in [-0.25, -0.2) is 0 Å². The molecule has 1 aromatic heterocycles. The van der Waals surface area contributed by atoms with Crippen molar-refractivity contribution in [2.75, 3.05) is 13.1 Å². The molecule has 0 bridgehead atoms. The molecule has 122 valence electrons. The molecule has 0 saturated carbocycles. The fourth-order valence-corrected chi connectivity index (χ4v) is 3.56. The second-order valence-corrected chi connectivity index (χ2v) is 5.81. The van der Waals surface area contributed by atoms with Gasteiger partial charge in [0.2, 0.25) is 0 Å². The number of hydrogen-bond donors (Lipinski definition) is 1. The van der Waals surface area contributed by atoms with Crippen LogP contribution < -0.4 is 0 Å². The van der Waals surface area contributed by atoms with Gasteiger partial charge in [-0.05, 0) is 38.4 Å². The highest BCUT2D eigenvalue weighted by molar-refractivity contribution is 5.13. The Morgan fingerprint density at radius 3 is 2.14 bits per heavy atom. The van der Waals surface area contributed by atoms with Crippen LogP contribution in [0.1, 0.15) is 58.8 Å². The Morgan fingerprint density at radius 2 is 1.76 bits per heavy atom. The minimum atomic E-state index is -0.368. The van der Waals surface area contributed by atoms with Crippen LogP contribution in [-0.4, -0.2) is 44.5 Å². The third kappa shape index (κ3) is 3.67. The lowest BCUT2D eigenvalue weighted by atomic mass is 9.82. The highest BCUT2D eigenvalue weighted by atomic mass is 16.3. The normalized spacial score (nSPS) is 13.9. The Kier molecular flexibility index (Phi) is 6.88. The zero-order valence-electron chi connectivity index (χ0n) is 14.7. The monoisotopic (exact) mass is 295 g/mol. The molecule has 0 aliphatic carbocycles. The first-order chi connectivity index (χ1) is 9.98. The number of rotatable bonds is 9. The van der Waals surface area contributed by atoms with E-state index in [-0.39, 0.29) is 11.6 Å². The Labute approximate surface area is 130 Å². The minimum absolute atomic E-state index is 0.139. The van der Waals surface area contributed by atoms with E-state index in [0.717, 1.165) is 43.7 Å². The molecule has 0 aromatic carbocycles. The van der Waals surface area contributed by atoms with Gasteiger partial charge in [0, 0.05) is 24.7 Å². The fourth-order valence-electron chi connectivity index (χ4n) is 3.56. The van der Waals surface area contributed by atoms with Crippen LogP contribution in [0, 0.1) is 0 Å². The van der Waals surface area contributed by atoms with Gasteiger partial charge in [0.15, 0.2) is 0 Å². The molecule has 0 radical (unpaired) electrons. The zero-order valence-corrected chi connectivity index (χ0v) is 14.7. The summed E-state index contributed by atoms with van der Waals surface area (Å²) in [6, 6.07) is 2.13. The first-order valence-electron chi connectivity index (χ1n) is 8.43. The maximum absolute atomic E-state index is 11.0. The van der Waals surface area contributed by atoms with E-state index in [1.165, 1.54) is 0 Å². The first-order valence-corrected chi connectivity index (χ1v) is 8.43. The van der Waals surface area contributed by atoms with Gasteiger partial charge in [-0.2, -0.15) is 5.10 Å². The van der Waals surface area contributed by atoms with Crippen LogP contribution in [0.5, 0.6) is 0 Å². The van der Waals surface area contributed by atoms with E-state index in [1.54, 1.807) is 0 Å². The van der Waals surface area contributed by atoms with E-state index < -0.39 is 0 Å². The summed E-state index contributed by atoms with van der Waals surface area (Å²) in [6.45, 7) is 12.8. The van der Waals surface area contributed by atoms with Crippen molar-refractivity contribution >= 4 is 0 Å². The van der Waals surface area contributed by atoms with Gasteiger partial charge >= 0.3 is 0 Å². The van der Waals surface area contributed by atoms with Crippen molar-refractivity contribution in [2.24, 2.45) is 7.05 Å². The predicted octanol–water partition coefficient (Wildman–Crippen LogP) is 2.79. The Bertz CT molecular complexity index is 420. The lowest BCUT2D eigenvalue weighted by molar-refractivity contribution is -0.0348. The summed E-state index contributed by atoms with van der Waals surface area (Å²) in [6.07, 6.45) is 3.16. The van der Waals surface area contributed by atoms with Crippen molar-refractivity contribution in [3.63, 3.8) is 0 Å². The van der Waals surface area contributed by atoms with Crippen LogP contribution >= 0.6 is 0 Å². The maximum Gasteiger partial charge on any atom is 0.0778 e. The second-order valence-electron chi connectivity index (χ2n) is 5.81. The van der Waals surface area contributed by atoms with Crippen molar-refractivity contribution < 1.29 is 5.11 Å². The Morgan fingerprint density at radius 1 is 1.19 bits per heavy atom. The van der Waals surface area contributed by atoms with Crippen molar-refractivity contribution in [2.45, 2.75) is 71.9 Å². The molecule has 0 fully saturated rings. The molecule has 1 aromatic rings. The van der Waals surface area contributed by atoms with Crippen LogP contribution in [0.25, 0.3) is 0 Å². The molecule has 0 saturated heterocycles.